The monoisotopic (exact) mass is 287 g/mol. The maximum Gasteiger partial charge on any atom is 0.326 e. The van der Waals surface area contributed by atoms with Crippen LogP contribution in [0.25, 0.3) is 0 Å². The van der Waals surface area contributed by atoms with E-state index in [4.69, 9.17) is 10.2 Å². The second-order valence-corrected chi connectivity index (χ2v) is 4.91. The molecule has 8 nitrogen and oxygen atoms in total. The first-order chi connectivity index (χ1) is 9.40. The van der Waals surface area contributed by atoms with Crippen molar-refractivity contribution in [3.8, 4) is 0 Å². The highest BCUT2D eigenvalue weighted by Gasteiger charge is 2.24. The van der Waals surface area contributed by atoms with Crippen molar-refractivity contribution in [3.63, 3.8) is 0 Å². The van der Waals surface area contributed by atoms with Gasteiger partial charge in [0, 0.05) is 20.1 Å². The van der Waals surface area contributed by atoms with Crippen molar-refractivity contribution in [2.24, 2.45) is 0 Å². The number of rotatable bonds is 7. The van der Waals surface area contributed by atoms with Gasteiger partial charge in [0.2, 0.25) is 0 Å². The van der Waals surface area contributed by atoms with Crippen molar-refractivity contribution in [1.29, 1.82) is 0 Å². The van der Waals surface area contributed by atoms with Gasteiger partial charge in [0.1, 0.15) is 6.04 Å². The van der Waals surface area contributed by atoms with E-state index in [1.165, 1.54) is 4.90 Å². The molecule has 1 heterocycles. The van der Waals surface area contributed by atoms with Crippen LogP contribution < -0.4 is 5.32 Å². The number of carbonyl (C=O) groups excluding carboxylic acids is 1. The van der Waals surface area contributed by atoms with Crippen LogP contribution in [-0.4, -0.2) is 77.3 Å². The van der Waals surface area contributed by atoms with Gasteiger partial charge in [-0.1, -0.05) is 0 Å². The van der Waals surface area contributed by atoms with E-state index in [1.807, 2.05) is 0 Å². The van der Waals surface area contributed by atoms with E-state index >= 15 is 0 Å². The predicted octanol–water partition coefficient (Wildman–Crippen LogP) is -0.348. The SMILES string of the molecule is CN(CCN1CCCC1)C(=O)NC(CC(=O)O)C(=O)O. The van der Waals surface area contributed by atoms with Gasteiger partial charge in [-0.3, -0.25) is 4.79 Å². The van der Waals surface area contributed by atoms with Crippen LogP contribution in [0.4, 0.5) is 4.79 Å². The highest BCUT2D eigenvalue weighted by molar-refractivity contribution is 5.86. The molecule has 20 heavy (non-hydrogen) atoms. The van der Waals surface area contributed by atoms with Gasteiger partial charge < -0.3 is 25.3 Å². The highest BCUT2D eigenvalue weighted by Crippen LogP contribution is 2.06. The molecule has 0 aromatic rings. The first-order valence-electron chi connectivity index (χ1n) is 6.58. The van der Waals surface area contributed by atoms with Crippen LogP contribution in [0, 0.1) is 0 Å². The Bertz CT molecular complexity index is 368. The van der Waals surface area contributed by atoms with Gasteiger partial charge in [-0.25, -0.2) is 9.59 Å². The summed E-state index contributed by atoms with van der Waals surface area (Å²) < 4.78 is 0. The van der Waals surface area contributed by atoms with E-state index in [2.05, 4.69) is 10.2 Å². The van der Waals surface area contributed by atoms with Gasteiger partial charge in [0.25, 0.3) is 0 Å². The Hall–Kier alpha value is -1.83. The number of carboxylic acids is 2. The maximum atomic E-state index is 11.8. The van der Waals surface area contributed by atoms with E-state index in [0.29, 0.717) is 6.54 Å². The minimum Gasteiger partial charge on any atom is -0.481 e. The molecular weight excluding hydrogens is 266 g/mol. The standard InChI is InChI=1S/C12H21N3O5/c1-14(6-7-15-4-2-3-5-15)12(20)13-9(11(18)19)8-10(16)17/h9H,2-8H2,1H3,(H,13,20)(H,16,17)(H,18,19). The topological polar surface area (TPSA) is 110 Å². The van der Waals surface area contributed by atoms with Crippen LogP contribution in [0.5, 0.6) is 0 Å². The van der Waals surface area contributed by atoms with E-state index in [9.17, 15) is 14.4 Å². The van der Waals surface area contributed by atoms with Crippen LogP contribution in [0.2, 0.25) is 0 Å². The van der Waals surface area contributed by atoms with Crippen molar-refractivity contribution >= 4 is 18.0 Å². The van der Waals surface area contributed by atoms with Crippen LogP contribution in [0.1, 0.15) is 19.3 Å². The molecule has 1 aliphatic rings. The summed E-state index contributed by atoms with van der Waals surface area (Å²) in [6, 6.07) is -1.98. The molecule has 2 amide bonds. The first-order valence-corrected chi connectivity index (χ1v) is 6.58. The third kappa shape index (κ3) is 5.43. The fourth-order valence-corrected chi connectivity index (χ4v) is 2.03. The molecule has 1 rings (SSSR count). The lowest BCUT2D eigenvalue weighted by Gasteiger charge is -2.23. The lowest BCUT2D eigenvalue weighted by Crippen LogP contribution is -2.48. The van der Waals surface area contributed by atoms with Crippen molar-refractivity contribution in [3.05, 3.63) is 0 Å². The molecule has 0 bridgehead atoms. The van der Waals surface area contributed by atoms with Crippen LogP contribution in [0.15, 0.2) is 0 Å². The van der Waals surface area contributed by atoms with E-state index in [1.54, 1.807) is 7.05 Å². The molecule has 3 N–H and O–H groups in total. The molecule has 0 saturated carbocycles. The van der Waals surface area contributed by atoms with Crippen molar-refractivity contribution in [2.45, 2.75) is 25.3 Å². The van der Waals surface area contributed by atoms with Gasteiger partial charge in [0.15, 0.2) is 0 Å². The van der Waals surface area contributed by atoms with Crippen molar-refractivity contribution in [2.75, 3.05) is 33.2 Å². The molecule has 0 spiro atoms. The number of urea groups is 1. The summed E-state index contributed by atoms with van der Waals surface area (Å²) in [5, 5.41) is 19.7. The Balaban J connectivity index is 2.37. The zero-order valence-electron chi connectivity index (χ0n) is 11.5. The Kier molecular flexibility index (Phi) is 6.23. The van der Waals surface area contributed by atoms with Crippen LogP contribution >= 0.6 is 0 Å². The fraction of sp³-hybridized carbons (Fsp3) is 0.750. The van der Waals surface area contributed by atoms with Crippen LogP contribution in [-0.2, 0) is 9.59 Å². The number of nitrogens with zero attached hydrogens (tertiary/aromatic N) is 2. The number of hydrogen-bond acceptors (Lipinski definition) is 4. The van der Waals surface area contributed by atoms with Gasteiger partial charge in [-0.2, -0.15) is 0 Å². The molecule has 8 heteroatoms. The van der Waals surface area contributed by atoms with Gasteiger partial charge in [0.05, 0.1) is 6.42 Å². The second-order valence-electron chi connectivity index (χ2n) is 4.91. The van der Waals surface area contributed by atoms with Gasteiger partial charge in [-0.05, 0) is 25.9 Å². The maximum absolute atomic E-state index is 11.8. The zero-order chi connectivity index (χ0) is 15.1. The zero-order valence-corrected chi connectivity index (χ0v) is 11.5. The number of likely N-dealkylation sites (tertiary alicyclic amines) is 1. The van der Waals surface area contributed by atoms with E-state index in [0.717, 1.165) is 32.5 Å². The lowest BCUT2D eigenvalue weighted by atomic mass is 10.2. The Morgan fingerprint density at radius 3 is 2.35 bits per heavy atom. The first kappa shape index (κ1) is 16.2. The smallest absolute Gasteiger partial charge is 0.326 e. The highest BCUT2D eigenvalue weighted by atomic mass is 16.4. The van der Waals surface area contributed by atoms with Gasteiger partial charge in [-0.15, -0.1) is 0 Å². The molecule has 1 unspecified atom stereocenters. The Morgan fingerprint density at radius 1 is 1.25 bits per heavy atom. The molecule has 1 saturated heterocycles. The molecule has 0 radical (unpaired) electrons. The third-order valence-corrected chi connectivity index (χ3v) is 3.27. The fourth-order valence-electron chi connectivity index (χ4n) is 2.03. The van der Waals surface area contributed by atoms with Crippen molar-refractivity contribution in [1.82, 2.24) is 15.1 Å². The van der Waals surface area contributed by atoms with Crippen molar-refractivity contribution < 1.29 is 24.6 Å². The number of hydrogen-bond donors (Lipinski definition) is 3. The minimum absolute atomic E-state index is 0.477. The van der Waals surface area contributed by atoms with Crippen LogP contribution in [0.3, 0.4) is 0 Å². The molecule has 1 fully saturated rings. The molecule has 114 valence electrons. The summed E-state index contributed by atoms with van der Waals surface area (Å²) in [5.41, 5.74) is 0. The summed E-state index contributed by atoms with van der Waals surface area (Å²) >= 11 is 0. The molecular formula is C12H21N3O5. The van der Waals surface area contributed by atoms with E-state index in [-0.39, 0.29) is 0 Å². The summed E-state index contributed by atoms with van der Waals surface area (Å²) in [6.45, 7) is 3.25. The number of carboxylic acid groups (broad SMARTS) is 2. The van der Waals surface area contributed by atoms with Gasteiger partial charge >= 0.3 is 18.0 Å². The molecule has 0 aromatic heterocycles. The quantitative estimate of drug-likeness (QED) is 0.590. The predicted molar refractivity (Wildman–Crippen MR) is 70.5 cm³/mol. The lowest BCUT2D eigenvalue weighted by molar-refractivity contribution is -0.145. The Morgan fingerprint density at radius 2 is 1.85 bits per heavy atom. The average molecular weight is 287 g/mol. The summed E-state index contributed by atoms with van der Waals surface area (Å²) in [6.07, 6.45) is 1.69. The largest absolute Gasteiger partial charge is 0.481 e. The molecule has 1 aliphatic heterocycles. The minimum atomic E-state index is -1.41. The average Bonchev–Trinajstić information content (AvgIpc) is 2.87. The number of nitrogens with one attached hydrogen (secondary N) is 1. The second kappa shape index (κ2) is 7.68. The summed E-state index contributed by atoms with van der Waals surface area (Å²) in [5.74, 6) is -2.62. The number of aliphatic carboxylic acids is 2. The number of likely N-dealkylation sites (N-methyl/N-ethyl adjacent to an activating group) is 1. The molecule has 1 atom stereocenters. The molecule has 0 aromatic carbocycles. The summed E-state index contributed by atoms with van der Waals surface area (Å²) in [7, 11) is 1.56. The normalized spacial score (nSPS) is 16.6. The number of amides is 2. The van der Waals surface area contributed by atoms with E-state index < -0.39 is 30.4 Å². The summed E-state index contributed by atoms with van der Waals surface area (Å²) in [4.78, 5) is 36.8. The number of carbonyl (C=O) groups is 3. The third-order valence-electron chi connectivity index (χ3n) is 3.27. The molecule has 0 aliphatic carbocycles. The Labute approximate surface area is 117 Å².